The lowest BCUT2D eigenvalue weighted by molar-refractivity contribution is 0.0544. The summed E-state index contributed by atoms with van der Waals surface area (Å²) in [5.41, 5.74) is 6.28. The molecule has 5 heteroatoms. The highest BCUT2D eigenvalue weighted by molar-refractivity contribution is 6.60. The summed E-state index contributed by atoms with van der Waals surface area (Å²) in [7, 11) is -2.74. The Bertz CT molecular complexity index is 560. The molecule has 1 atom stereocenters. The Morgan fingerprint density at radius 1 is 0.333 bits per heavy atom. The zero-order valence-electron chi connectivity index (χ0n) is 35.9. The quantitative estimate of drug-likeness (QED) is 0.0499. The molecule has 308 valence electrons. The van der Waals surface area contributed by atoms with Crippen LogP contribution in [0.2, 0.25) is 6.04 Å². The third-order valence-electron chi connectivity index (χ3n) is 10.9. The maximum Gasteiger partial charge on any atom is 0.501 e. The molecule has 0 bridgehead atoms. The molecule has 0 aliphatic rings. The average Bonchev–Trinajstić information content (AvgIpc) is 3.13. The van der Waals surface area contributed by atoms with Gasteiger partial charge in [0.05, 0.1) is 0 Å². The Morgan fingerprint density at radius 3 is 0.725 bits per heavy atom. The smallest absolute Gasteiger partial charge is 0.373 e. The minimum atomic E-state index is -2.74. The number of hydrogen-bond donors (Lipinski definition) is 1. The van der Waals surface area contributed by atoms with E-state index >= 15 is 0 Å². The number of unbranched alkanes of at least 4 members (excludes halogenated alkanes) is 33. The first kappa shape index (κ1) is 51.1. The van der Waals surface area contributed by atoms with Crippen LogP contribution in [0.4, 0.5) is 0 Å². The highest BCUT2D eigenvalue weighted by Gasteiger charge is 2.41. The Balaban J connectivity index is 4.54. The lowest BCUT2D eigenvalue weighted by atomic mass is 10.1. The average molecular weight is 740 g/mol. The van der Waals surface area contributed by atoms with E-state index in [1.54, 1.807) is 0 Å². The topological polar surface area (TPSA) is 53.7 Å². The number of hydrogen-bond acceptors (Lipinski definition) is 4. The van der Waals surface area contributed by atoms with E-state index in [1.807, 2.05) is 0 Å². The molecule has 0 aliphatic carbocycles. The van der Waals surface area contributed by atoms with Crippen LogP contribution in [0.5, 0.6) is 0 Å². The summed E-state index contributed by atoms with van der Waals surface area (Å²) in [6.07, 6.45) is 50.0. The molecule has 0 spiro atoms. The summed E-state index contributed by atoms with van der Waals surface area (Å²) in [5.74, 6) is 0. The lowest BCUT2D eigenvalue weighted by Gasteiger charge is -2.30. The van der Waals surface area contributed by atoms with Crippen molar-refractivity contribution >= 4 is 8.80 Å². The van der Waals surface area contributed by atoms with Gasteiger partial charge in [-0.3, -0.25) is 0 Å². The third kappa shape index (κ3) is 39.6. The largest absolute Gasteiger partial charge is 0.501 e. The van der Waals surface area contributed by atoms with Crippen molar-refractivity contribution in [1.82, 2.24) is 0 Å². The molecule has 0 saturated heterocycles. The second kappa shape index (κ2) is 42.8. The lowest BCUT2D eigenvalue weighted by Crippen LogP contribution is -2.47. The standard InChI is InChI=1S/C46H97NO3Si/c1-5-8-11-14-17-20-23-26-29-32-35-38-42-48-51(45-41-46(4)47,49-43-39-36-33-30-27-24-21-18-15-12-9-6-2)50-44-40-37-34-31-28-25-22-19-16-13-10-7-3/h46H,5-45,47H2,1-4H3. The van der Waals surface area contributed by atoms with Gasteiger partial charge in [0.15, 0.2) is 0 Å². The fraction of sp³-hybridized carbons (Fsp3) is 1.00. The van der Waals surface area contributed by atoms with Crippen molar-refractivity contribution in [1.29, 1.82) is 0 Å². The Labute approximate surface area is 324 Å². The molecule has 0 aromatic carbocycles. The summed E-state index contributed by atoms with van der Waals surface area (Å²) in [6.45, 7) is 11.3. The van der Waals surface area contributed by atoms with Crippen LogP contribution in [0.25, 0.3) is 0 Å². The van der Waals surface area contributed by atoms with E-state index in [4.69, 9.17) is 19.0 Å². The molecule has 0 amide bonds. The minimum absolute atomic E-state index is 0.151. The SMILES string of the molecule is CCCCCCCCCCCCCCO[Si](CCC(C)N)(OCCCCCCCCCCCCCC)OCCCCCCCCCCCCCC. The van der Waals surface area contributed by atoms with E-state index < -0.39 is 8.80 Å². The highest BCUT2D eigenvalue weighted by Crippen LogP contribution is 2.23. The van der Waals surface area contributed by atoms with Crippen LogP contribution in [0.3, 0.4) is 0 Å². The van der Waals surface area contributed by atoms with Crippen LogP contribution in [0, 0.1) is 0 Å². The first-order valence-electron chi connectivity index (χ1n) is 23.8. The van der Waals surface area contributed by atoms with Crippen molar-refractivity contribution in [2.75, 3.05) is 19.8 Å². The number of nitrogens with two attached hydrogens (primary N) is 1. The zero-order valence-corrected chi connectivity index (χ0v) is 36.9. The van der Waals surface area contributed by atoms with Gasteiger partial charge in [0.25, 0.3) is 0 Å². The molecule has 0 radical (unpaired) electrons. The van der Waals surface area contributed by atoms with Gasteiger partial charge < -0.3 is 19.0 Å². The molecule has 0 fully saturated rings. The van der Waals surface area contributed by atoms with Crippen molar-refractivity contribution in [2.24, 2.45) is 5.73 Å². The second-order valence-corrected chi connectivity index (χ2v) is 19.1. The monoisotopic (exact) mass is 740 g/mol. The summed E-state index contributed by atoms with van der Waals surface area (Å²) >= 11 is 0. The predicted molar refractivity (Wildman–Crippen MR) is 230 cm³/mol. The van der Waals surface area contributed by atoms with Crippen LogP contribution in [-0.2, 0) is 13.3 Å². The van der Waals surface area contributed by atoms with Crippen molar-refractivity contribution in [2.45, 2.75) is 277 Å². The molecule has 0 aliphatic heterocycles. The molecule has 4 nitrogen and oxygen atoms in total. The fourth-order valence-corrected chi connectivity index (χ4v) is 10.1. The molecular weight excluding hydrogens is 643 g/mol. The molecular formula is C46H97NO3Si. The molecule has 0 aromatic rings. The van der Waals surface area contributed by atoms with E-state index in [0.29, 0.717) is 0 Å². The van der Waals surface area contributed by atoms with Crippen molar-refractivity contribution in [3.8, 4) is 0 Å². The van der Waals surface area contributed by atoms with Gasteiger partial charge in [-0.05, 0) is 32.6 Å². The summed E-state index contributed by atoms with van der Waals surface area (Å²) < 4.78 is 20.2. The normalized spacial score (nSPS) is 12.6. The second-order valence-electron chi connectivity index (χ2n) is 16.4. The van der Waals surface area contributed by atoms with Crippen LogP contribution in [0.1, 0.15) is 265 Å². The summed E-state index contributed by atoms with van der Waals surface area (Å²) in [4.78, 5) is 0. The van der Waals surface area contributed by atoms with Gasteiger partial charge in [-0.15, -0.1) is 0 Å². The molecule has 0 heterocycles. The molecule has 0 aromatic heterocycles. The van der Waals surface area contributed by atoms with Gasteiger partial charge in [-0.1, -0.05) is 233 Å². The Kier molecular flexibility index (Phi) is 42.8. The first-order valence-corrected chi connectivity index (χ1v) is 25.7. The Morgan fingerprint density at radius 2 is 0.529 bits per heavy atom. The van der Waals surface area contributed by atoms with E-state index in [-0.39, 0.29) is 6.04 Å². The van der Waals surface area contributed by atoms with E-state index in [1.165, 1.54) is 212 Å². The van der Waals surface area contributed by atoms with Gasteiger partial charge in [0.2, 0.25) is 0 Å². The van der Waals surface area contributed by atoms with Gasteiger partial charge in [0.1, 0.15) is 0 Å². The highest BCUT2D eigenvalue weighted by atomic mass is 28.4. The van der Waals surface area contributed by atoms with E-state index in [2.05, 4.69) is 27.7 Å². The maximum atomic E-state index is 6.73. The van der Waals surface area contributed by atoms with Crippen molar-refractivity contribution in [3.05, 3.63) is 0 Å². The first-order chi connectivity index (χ1) is 25.1. The molecule has 1 unspecified atom stereocenters. The van der Waals surface area contributed by atoms with Gasteiger partial charge in [0, 0.05) is 31.9 Å². The third-order valence-corrected chi connectivity index (χ3v) is 13.7. The summed E-state index contributed by atoms with van der Waals surface area (Å²) in [6, 6.07) is 1.01. The fourth-order valence-electron chi connectivity index (χ4n) is 7.26. The van der Waals surface area contributed by atoms with Crippen molar-refractivity contribution in [3.63, 3.8) is 0 Å². The van der Waals surface area contributed by atoms with E-state index in [9.17, 15) is 0 Å². The minimum Gasteiger partial charge on any atom is -0.373 e. The van der Waals surface area contributed by atoms with Gasteiger partial charge in [-0.25, -0.2) is 0 Å². The van der Waals surface area contributed by atoms with Crippen molar-refractivity contribution < 1.29 is 13.3 Å². The van der Waals surface area contributed by atoms with Gasteiger partial charge >= 0.3 is 8.80 Å². The molecule has 0 rings (SSSR count). The molecule has 2 N–H and O–H groups in total. The molecule has 0 saturated carbocycles. The Hall–Kier alpha value is 0.0569. The van der Waals surface area contributed by atoms with Crippen LogP contribution < -0.4 is 5.73 Å². The number of rotatable bonds is 45. The van der Waals surface area contributed by atoms with Gasteiger partial charge in [-0.2, -0.15) is 0 Å². The molecule has 51 heavy (non-hydrogen) atoms. The van der Waals surface area contributed by atoms with Crippen LogP contribution in [0.15, 0.2) is 0 Å². The van der Waals surface area contributed by atoms with E-state index in [0.717, 1.165) is 51.5 Å². The summed E-state index contributed by atoms with van der Waals surface area (Å²) in [5, 5.41) is 0. The zero-order chi connectivity index (χ0) is 37.2. The van der Waals surface area contributed by atoms with Crippen LogP contribution >= 0.6 is 0 Å². The van der Waals surface area contributed by atoms with Crippen LogP contribution in [-0.4, -0.2) is 34.7 Å². The maximum absolute atomic E-state index is 6.73. The predicted octanol–water partition coefficient (Wildman–Crippen LogP) is 15.8.